The lowest BCUT2D eigenvalue weighted by Gasteiger charge is -2.33. The minimum atomic E-state index is 0.117. The van der Waals surface area contributed by atoms with Gasteiger partial charge in [0, 0.05) is 6.42 Å². The first-order valence-corrected chi connectivity index (χ1v) is 12.1. The van der Waals surface area contributed by atoms with Crippen molar-refractivity contribution in [1.82, 2.24) is 0 Å². The fourth-order valence-electron chi connectivity index (χ4n) is 3.67. The standard InChI is InChI=1S/C24H52NO2/c1-5-6-7-8-9-10-11-12-13-14-15-16-17-18-19-20-23-27-24(21-22-26)25(2,3)4/h24,26H,5-23H2,1-4H3/q+1. The molecule has 0 fully saturated rings. The zero-order valence-corrected chi connectivity index (χ0v) is 19.3. The number of hydrogen-bond donors (Lipinski definition) is 1. The lowest BCUT2D eigenvalue weighted by Crippen LogP contribution is -2.47. The van der Waals surface area contributed by atoms with Crippen LogP contribution in [0.15, 0.2) is 0 Å². The van der Waals surface area contributed by atoms with Crippen molar-refractivity contribution in [3.05, 3.63) is 0 Å². The Balaban J connectivity index is 3.25. The molecule has 0 radical (unpaired) electrons. The van der Waals surface area contributed by atoms with Crippen molar-refractivity contribution in [3.8, 4) is 0 Å². The Morgan fingerprint density at radius 2 is 1.00 bits per heavy atom. The number of aliphatic hydroxyl groups is 1. The summed E-state index contributed by atoms with van der Waals surface area (Å²) in [4.78, 5) is 0. The number of quaternary nitrogens is 1. The molecule has 0 bridgehead atoms. The second-order valence-electron chi connectivity index (χ2n) is 9.26. The Morgan fingerprint density at radius 3 is 1.33 bits per heavy atom. The van der Waals surface area contributed by atoms with Gasteiger partial charge in [0.05, 0.1) is 34.4 Å². The summed E-state index contributed by atoms with van der Waals surface area (Å²) in [5.41, 5.74) is 0. The summed E-state index contributed by atoms with van der Waals surface area (Å²) in [5.74, 6) is 0. The van der Waals surface area contributed by atoms with Crippen molar-refractivity contribution in [1.29, 1.82) is 0 Å². The van der Waals surface area contributed by atoms with E-state index in [2.05, 4.69) is 28.1 Å². The third kappa shape index (κ3) is 19.0. The summed E-state index contributed by atoms with van der Waals surface area (Å²) in [7, 11) is 6.40. The molecule has 27 heavy (non-hydrogen) atoms. The lowest BCUT2D eigenvalue weighted by atomic mass is 10.0. The Kier molecular flexibility index (Phi) is 19.1. The Morgan fingerprint density at radius 1 is 0.630 bits per heavy atom. The average Bonchev–Trinajstić information content (AvgIpc) is 2.62. The molecule has 1 unspecified atom stereocenters. The maximum absolute atomic E-state index is 9.15. The van der Waals surface area contributed by atoms with Crippen LogP contribution in [-0.2, 0) is 4.74 Å². The van der Waals surface area contributed by atoms with Crippen molar-refractivity contribution in [2.75, 3.05) is 34.4 Å². The molecule has 0 aliphatic rings. The van der Waals surface area contributed by atoms with E-state index >= 15 is 0 Å². The van der Waals surface area contributed by atoms with Gasteiger partial charge in [-0.1, -0.05) is 103 Å². The minimum Gasteiger partial charge on any atom is -0.396 e. The van der Waals surface area contributed by atoms with Gasteiger partial charge >= 0.3 is 0 Å². The minimum absolute atomic E-state index is 0.117. The highest BCUT2D eigenvalue weighted by molar-refractivity contribution is 4.50. The fraction of sp³-hybridized carbons (Fsp3) is 1.00. The Labute approximate surface area is 171 Å². The SMILES string of the molecule is CCCCCCCCCCCCCCCCCCOC(CCO)[N+](C)(C)C. The van der Waals surface area contributed by atoms with Crippen molar-refractivity contribution in [2.45, 2.75) is 122 Å². The van der Waals surface area contributed by atoms with E-state index in [0.29, 0.717) is 0 Å². The predicted octanol–water partition coefficient (Wildman–Crippen LogP) is 6.68. The van der Waals surface area contributed by atoms with E-state index in [9.17, 15) is 0 Å². The molecule has 3 nitrogen and oxygen atoms in total. The monoisotopic (exact) mass is 386 g/mol. The summed E-state index contributed by atoms with van der Waals surface area (Å²) in [6.45, 7) is 3.33. The van der Waals surface area contributed by atoms with Crippen molar-refractivity contribution in [2.24, 2.45) is 0 Å². The molecule has 0 aliphatic heterocycles. The van der Waals surface area contributed by atoms with E-state index in [-0.39, 0.29) is 12.8 Å². The predicted molar refractivity (Wildman–Crippen MR) is 119 cm³/mol. The van der Waals surface area contributed by atoms with Crippen molar-refractivity contribution < 1.29 is 14.3 Å². The van der Waals surface area contributed by atoms with Crippen LogP contribution >= 0.6 is 0 Å². The van der Waals surface area contributed by atoms with Gasteiger partial charge in [-0.2, -0.15) is 0 Å². The van der Waals surface area contributed by atoms with Crippen LogP contribution in [0, 0.1) is 0 Å². The summed E-state index contributed by atoms with van der Waals surface area (Å²) in [6, 6.07) is 0. The van der Waals surface area contributed by atoms with E-state index in [1.807, 2.05) is 0 Å². The first-order chi connectivity index (χ1) is 13.0. The molecule has 0 spiro atoms. The Bertz CT molecular complexity index is 289. The second kappa shape index (κ2) is 19.2. The van der Waals surface area contributed by atoms with Crippen LogP contribution in [0.4, 0.5) is 0 Å². The van der Waals surface area contributed by atoms with Gasteiger partial charge in [-0.25, -0.2) is 0 Å². The normalized spacial score (nSPS) is 13.2. The first-order valence-electron chi connectivity index (χ1n) is 12.1. The molecular weight excluding hydrogens is 334 g/mol. The van der Waals surface area contributed by atoms with Crippen LogP contribution in [-0.4, -0.2) is 50.2 Å². The van der Waals surface area contributed by atoms with Gasteiger partial charge in [-0.05, 0) is 6.42 Å². The molecular formula is C24H52NO2+. The highest BCUT2D eigenvalue weighted by atomic mass is 16.5. The summed E-state index contributed by atoms with van der Waals surface area (Å²) in [5, 5.41) is 9.15. The van der Waals surface area contributed by atoms with E-state index in [1.54, 1.807) is 0 Å². The summed E-state index contributed by atoms with van der Waals surface area (Å²) in [6.07, 6.45) is 23.2. The number of unbranched alkanes of at least 4 members (excludes halogenated alkanes) is 15. The molecule has 1 atom stereocenters. The number of hydrogen-bond acceptors (Lipinski definition) is 2. The van der Waals surface area contributed by atoms with Crippen LogP contribution in [0.3, 0.4) is 0 Å². The van der Waals surface area contributed by atoms with Gasteiger partial charge in [0.15, 0.2) is 6.23 Å². The molecule has 0 amide bonds. The van der Waals surface area contributed by atoms with E-state index < -0.39 is 0 Å². The summed E-state index contributed by atoms with van der Waals surface area (Å²) < 4.78 is 6.74. The molecule has 0 saturated carbocycles. The van der Waals surface area contributed by atoms with Crippen LogP contribution in [0.5, 0.6) is 0 Å². The quantitative estimate of drug-likeness (QED) is 0.135. The first kappa shape index (κ1) is 26.9. The highest BCUT2D eigenvalue weighted by Gasteiger charge is 2.23. The van der Waals surface area contributed by atoms with Gasteiger partial charge in [0.25, 0.3) is 0 Å². The number of rotatable bonds is 21. The third-order valence-electron chi connectivity index (χ3n) is 5.55. The lowest BCUT2D eigenvalue weighted by molar-refractivity contribution is -0.920. The highest BCUT2D eigenvalue weighted by Crippen LogP contribution is 2.14. The smallest absolute Gasteiger partial charge is 0.194 e. The van der Waals surface area contributed by atoms with E-state index in [1.165, 1.54) is 96.3 Å². The maximum Gasteiger partial charge on any atom is 0.194 e. The van der Waals surface area contributed by atoms with Crippen molar-refractivity contribution in [3.63, 3.8) is 0 Å². The second-order valence-corrected chi connectivity index (χ2v) is 9.26. The Hall–Kier alpha value is -0.120. The van der Waals surface area contributed by atoms with Gasteiger partial charge < -0.3 is 14.3 Å². The molecule has 0 rings (SSSR count). The molecule has 0 aliphatic carbocycles. The molecule has 0 heterocycles. The molecule has 3 heteroatoms. The number of nitrogens with zero attached hydrogens (tertiary/aromatic N) is 1. The molecule has 0 aromatic heterocycles. The molecule has 0 saturated heterocycles. The molecule has 0 aromatic rings. The van der Waals surface area contributed by atoms with Gasteiger partial charge in [-0.15, -0.1) is 0 Å². The van der Waals surface area contributed by atoms with Crippen LogP contribution in [0.25, 0.3) is 0 Å². The molecule has 164 valence electrons. The van der Waals surface area contributed by atoms with E-state index in [0.717, 1.165) is 23.9 Å². The average molecular weight is 387 g/mol. The van der Waals surface area contributed by atoms with Crippen molar-refractivity contribution >= 4 is 0 Å². The van der Waals surface area contributed by atoms with Gasteiger partial charge in [-0.3, -0.25) is 0 Å². The third-order valence-corrected chi connectivity index (χ3v) is 5.55. The molecule has 1 N–H and O–H groups in total. The zero-order valence-electron chi connectivity index (χ0n) is 19.3. The van der Waals surface area contributed by atoms with Crippen LogP contribution < -0.4 is 0 Å². The fourth-order valence-corrected chi connectivity index (χ4v) is 3.67. The number of aliphatic hydroxyl groups excluding tert-OH is 1. The van der Waals surface area contributed by atoms with Gasteiger partial charge in [0.1, 0.15) is 0 Å². The molecule has 0 aromatic carbocycles. The topological polar surface area (TPSA) is 29.5 Å². The summed E-state index contributed by atoms with van der Waals surface area (Å²) >= 11 is 0. The van der Waals surface area contributed by atoms with Gasteiger partial charge in [0.2, 0.25) is 0 Å². The largest absolute Gasteiger partial charge is 0.396 e. The zero-order chi connectivity index (χ0) is 20.2. The van der Waals surface area contributed by atoms with Crippen LogP contribution in [0.1, 0.15) is 116 Å². The maximum atomic E-state index is 9.15. The van der Waals surface area contributed by atoms with Crippen LogP contribution in [0.2, 0.25) is 0 Å². The van der Waals surface area contributed by atoms with E-state index in [4.69, 9.17) is 9.84 Å². The number of ether oxygens (including phenoxy) is 1.